The Kier molecular flexibility index (Phi) is 7.96. The lowest BCUT2D eigenvalue weighted by atomic mass is 9.62. The molecule has 0 N–H and O–H groups in total. The molecule has 6 heteroatoms. The standard InChI is InChI=1S/C32H36O6/c1-3-5-15-36-24-11-7-20(8-12-24)22-17-23-18-26(21-9-13-25(14-10-21)37-16-6-4-2)29-30(28(23)27(33)19-22)32(35)38-31(29)34/h7-14,22,26,29-30H,3-6,15-19H2,1-2H3. The van der Waals surface area contributed by atoms with E-state index in [-0.39, 0.29) is 17.6 Å². The molecular weight excluding hydrogens is 480 g/mol. The zero-order valence-corrected chi connectivity index (χ0v) is 22.2. The number of hydrogen-bond donors (Lipinski definition) is 0. The van der Waals surface area contributed by atoms with E-state index in [0.29, 0.717) is 38.0 Å². The number of allylic oxidation sites excluding steroid dienone is 1. The third-order valence-corrected chi connectivity index (χ3v) is 8.10. The van der Waals surface area contributed by atoms with Gasteiger partial charge in [0.2, 0.25) is 0 Å². The molecule has 2 aromatic carbocycles. The molecule has 1 aliphatic heterocycles. The van der Waals surface area contributed by atoms with Crippen molar-refractivity contribution in [2.24, 2.45) is 11.8 Å². The largest absolute Gasteiger partial charge is 0.494 e. The van der Waals surface area contributed by atoms with Gasteiger partial charge < -0.3 is 14.2 Å². The minimum atomic E-state index is -0.806. The number of carbonyl (C=O) groups excluding carboxylic acids is 3. The predicted molar refractivity (Wildman–Crippen MR) is 143 cm³/mol. The summed E-state index contributed by atoms with van der Waals surface area (Å²) in [6.45, 7) is 5.61. The van der Waals surface area contributed by atoms with Crippen LogP contribution in [-0.4, -0.2) is 30.9 Å². The quantitative estimate of drug-likeness (QED) is 0.210. The van der Waals surface area contributed by atoms with Crippen LogP contribution in [0.1, 0.15) is 81.8 Å². The van der Waals surface area contributed by atoms with Gasteiger partial charge in [0.25, 0.3) is 0 Å². The van der Waals surface area contributed by atoms with Gasteiger partial charge in [0.05, 0.1) is 25.0 Å². The Balaban J connectivity index is 1.39. The van der Waals surface area contributed by atoms with E-state index in [0.717, 1.165) is 53.9 Å². The SMILES string of the molecule is CCCCOc1ccc(C2CC(=O)C3=C(C2)CC(c2ccc(OCCCC)cc2)C2C(=O)OC(=O)C32)cc1. The van der Waals surface area contributed by atoms with Crippen molar-refractivity contribution in [3.05, 3.63) is 70.8 Å². The molecular formula is C32H36O6. The summed E-state index contributed by atoms with van der Waals surface area (Å²) in [5.41, 5.74) is 3.56. The van der Waals surface area contributed by atoms with Gasteiger partial charge in [-0.1, -0.05) is 56.5 Å². The molecule has 0 amide bonds. The molecule has 1 heterocycles. The average molecular weight is 517 g/mol. The van der Waals surface area contributed by atoms with Gasteiger partial charge in [-0.2, -0.15) is 0 Å². The summed E-state index contributed by atoms with van der Waals surface area (Å²) in [4.78, 5) is 39.1. The molecule has 2 aromatic rings. The molecule has 200 valence electrons. The second-order valence-corrected chi connectivity index (χ2v) is 10.6. The molecule has 6 nitrogen and oxygen atoms in total. The fraction of sp³-hybridized carbons (Fsp3) is 0.469. The molecule has 2 aliphatic carbocycles. The smallest absolute Gasteiger partial charge is 0.322 e. The van der Waals surface area contributed by atoms with Crippen LogP contribution in [0, 0.1) is 11.8 Å². The monoisotopic (exact) mass is 516 g/mol. The number of hydrogen-bond acceptors (Lipinski definition) is 6. The van der Waals surface area contributed by atoms with Crippen LogP contribution in [0.4, 0.5) is 0 Å². The molecule has 4 unspecified atom stereocenters. The molecule has 0 saturated carbocycles. The Labute approximate surface area is 224 Å². The highest BCUT2D eigenvalue weighted by Crippen LogP contribution is 2.53. The minimum Gasteiger partial charge on any atom is -0.494 e. The van der Waals surface area contributed by atoms with Crippen molar-refractivity contribution in [3.63, 3.8) is 0 Å². The van der Waals surface area contributed by atoms with Crippen molar-refractivity contribution in [2.75, 3.05) is 13.2 Å². The molecule has 0 spiro atoms. The Morgan fingerprint density at radius 1 is 0.737 bits per heavy atom. The van der Waals surface area contributed by atoms with Gasteiger partial charge in [-0.05, 0) is 67.0 Å². The first-order valence-corrected chi connectivity index (χ1v) is 14.0. The van der Waals surface area contributed by atoms with Gasteiger partial charge in [-0.3, -0.25) is 14.4 Å². The van der Waals surface area contributed by atoms with Crippen molar-refractivity contribution >= 4 is 17.7 Å². The fourth-order valence-corrected chi connectivity index (χ4v) is 6.07. The number of carbonyl (C=O) groups is 3. The summed E-state index contributed by atoms with van der Waals surface area (Å²) in [6.07, 6.45) is 5.73. The van der Waals surface area contributed by atoms with Gasteiger partial charge in [0.1, 0.15) is 11.5 Å². The van der Waals surface area contributed by atoms with Gasteiger partial charge in [0.15, 0.2) is 5.78 Å². The molecule has 3 aliphatic rings. The molecule has 38 heavy (non-hydrogen) atoms. The maximum atomic E-state index is 13.4. The van der Waals surface area contributed by atoms with Crippen molar-refractivity contribution in [1.82, 2.24) is 0 Å². The molecule has 5 rings (SSSR count). The van der Waals surface area contributed by atoms with Gasteiger partial charge in [0, 0.05) is 17.9 Å². The van der Waals surface area contributed by atoms with E-state index < -0.39 is 23.8 Å². The van der Waals surface area contributed by atoms with Gasteiger partial charge in [-0.15, -0.1) is 0 Å². The van der Waals surface area contributed by atoms with Crippen LogP contribution in [0.25, 0.3) is 0 Å². The zero-order chi connectivity index (χ0) is 26.6. The molecule has 1 fully saturated rings. The number of fused-ring (bicyclic) bond motifs is 2. The Hall–Kier alpha value is -3.41. The third kappa shape index (κ3) is 5.27. The number of ether oxygens (including phenoxy) is 3. The number of ketones is 1. The second kappa shape index (κ2) is 11.5. The van der Waals surface area contributed by atoms with Crippen molar-refractivity contribution in [3.8, 4) is 11.5 Å². The number of Topliss-reactive ketones (excluding diaryl/α,β-unsaturated/α-hetero) is 1. The maximum absolute atomic E-state index is 13.4. The number of esters is 2. The highest BCUT2D eigenvalue weighted by Gasteiger charge is 2.56. The molecule has 4 atom stereocenters. The summed E-state index contributed by atoms with van der Waals surface area (Å²) in [5.74, 6) is -1.18. The zero-order valence-electron chi connectivity index (χ0n) is 22.2. The summed E-state index contributed by atoms with van der Waals surface area (Å²) in [7, 11) is 0. The molecule has 0 radical (unpaired) electrons. The highest BCUT2D eigenvalue weighted by atomic mass is 16.6. The molecule has 1 saturated heterocycles. The van der Waals surface area contributed by atoms with E-state index >= 15 is 0 Å². The Bertz CT molecular complexity index is 1210. The molecule has 0 bridgehead atoms. The van der Waals surface area contributed by atoms with Gasteiger partial charge >= 0.3 is 11.9 Å². The highest BCUT2D eigenvalue weighted by molar-refractivity contribution is 6.09. The van der Waals surface area contributed by atoms with Crippen molar-refractivity contribution in [2.45, 2.75) is 70.6 Å². The summed E-state index contributed by atoms with van der Waals surface area (Å²) >= 11 is 0. The lowest BCUT2D eigenvalue weighted by Crippen LogP contribution is -2.37. The van der Waals surface area contributed by atoms with Crippen LogP contribution in [0.15, 0.2) is 59.7 Å². The van der Waals surface area contributed by atoms with Crippen LogP contribution in [0.5, 0.6) is 11.5 Å². The number of cyclic esters (lactones) is 2. The number of rotatable bonds is 10. The van der Waals surface area contributed by atoms with Crippen LogP contribution in [-0.2, 0) is 19.1 Å². The van der Waals surface area contributed by atoms with Crippen LogP contribution < -0.4 is 9.47 Å². The van der Waals surface area contributed by atoms with Gasteiger partial charge in [-0.25, -0.2) is 0 Å². The topological polar surface area (TPSA) is 78.9 Å². The van der Waals surface area contributed by atoms with E-state index in [2.05, 4.69) is 13.8 Å². The normalized spacial score (nSPS) is 24.6. The summed E-state index contributed by atoms with van der Waals surface area (Å²) < 4.78 is 16.7. The van der Waals surface area contributed by atoms with E-state index in [1.54, 1.807) is 0 Å². The first-order chi connectivity index (χ1) is 18.5. The first kappa shape index (κ1) is 26.2. The van der Waals surface area contributed by atoms with Crippen molar-refractivity contribution < 1.29 is 28.6 Å². The van der Waals surface area contributed by atoms with Crippen molar-refractivity contribution in [1.29, 1.82) is 0 Å². The van der Waals surface area contributed by atoms with E-state index in [1.165, 1.54) is 0 Å². The van der Waals surface area contributed by atoms with Crippen LogP contribution >= 0.6 is 0 Å². The minimum absolute atomic E-state index is 0.0330. The fourth-order valence-electron chi connectivity index (χ4n) is 6.07. The lowest BCUT2D eigenvalue weighted by Gasteiger charge is -2.37. The average Bonchev–Trinajstić information content (AvgIpc) is 3.22. The summed E-state index contributed by atoms with van der Waals surface area (Å²) in [6, 6.07) is 15.8. The predicted octanol–water partition coefficient (Wildman–Crippen LogP) is 6.29. The number of unbranched alkanes of at least 4 members (excludes halogenated alkanes) is 2. The van der Waals surface area contributed by atoms with Crippen LogP contribution in [0.3, 0.4) is 0 Å². The van der Waals surface area contributed by atoms with E-state index in [1.807, 2.05) is 48.5 Å². The second-order valence-electron chi connectivity index (χ2n) is 10.6. The first-order valence-electron chi connectivity index (χ1n) is 14.0. The lowest BCUT2D eigenvalue weighted by molar-refractivity contribution is -0.153. The third-order valence-electron chi connectivity index (χ3n) is 8.10. The summed E-state index contributed by atoms with van der Waals surface area (Å²) in [5, 5.41) is 0. The maximum Gasteiger partial charge on any atom is 0.322 e. The Morgan fingerprint density at radius 2 is 1.32 bits per heavy atom. The Morgan fingerprint density at radius 3 is 1.89 bits per heavy atom. The number of benzene rings is 2. The van der Waals surface area contributed by atoms with E-state index in [4.69, 9.17) is 14.2 Å². The van der Waals surface area contributed by atoms with Crippen LogP contribution in [0.2, 0.25) is 0 Å². The molecule has 0 aromatic heterocycles. The van der Waals surface area contributed by atoms with E-state index in [9.17, 15) is 14.4 Å².